The number of amides is 1. The standard InChI is InChI=1S/C15H13BrClNO2S/c16-11-1-2-13(12(17)7-11)20-9-15(19)18-5-3-14-10(8-18)4-6-21-14/h1-2,4,6-7H,3,5,8-9H2. The van der Waals surface area contributed by atoms with Crippen LogP contribution in [0.5, 0.6) is 5.75 Å². The molecule has 1 aliphatic rings. The predicted molar refractivity (Wildman–Crippen MR) is 88.1 cm³/mol. The van der Waals surface area contributed by atoms with E-state index in [1.165, 1.54) is 10.4 Å². The number of carbonyl (C=O) groups excluding carboxylic acids is 1. The molecule has 6 heteroatoms. The minimum atomic E-state index is -0.00849. The van der Waals surface area contributed by atoms with Gasteiger partial charge >= 0.3 is 0 Å². The van der Waals surface area contributed by atoms with E-state index in [0.29, 0.717) is 17.3 Å². The Morgan fingerprint density at radius 3 is 3.10 bits per heavy atom. The summed E-state index contributed by atoms with van der Waals surface area (Å²) in [5, 5.41) is 2.58. The number of rotatable bonds is 3. The monoisotopic (exact) mass is 385 g/mol. The second-order valence-electron chi connectivity index (χ2n) is 4.80. The number of fused-ring (bicyclic) bond motifs is 1. The molecule has 2 heterocycles. The smallest absolute Gasteiger partial charge is 0.260 e. The Bertz CT molecular complexity index is 673. The van der Waals surface area contributed by atoms with Gasteiger partial charge in [-0.3, -0.25) is 4.79 Å². The van der Waals surface area contributed by atoms with Gasteiger partial charge < -0.3 is 9.64 Å². The van der Waals surface area contributed by atoms with Crippen molar-refractivity contribution in [3.63, 3.8) is 0 Å². The molecule has 0 saturated heterocycles. The number of halogens is 2. The maximum absolute atomic E-state index is 12.2. The fourth-order valence-corrected chi connectivity index (χ4v) is 3.90. The number of nitrogens with zero attached hydrogens (tertiary/aromatic N) is 1. The third kappa shape index (κ3) is 3.42. The van der Waals surface area contributed by atoms with Crippen LogP contribution in [0.2, 0.25) is 5.02 Å². The first-order valence-corrected chi connectivity index (χ1v) is 8.59. The average Bonchev–Trinajstić information content (AvgIpc) is 2.93. The summed E-state index contributed by atoms with van der Waals surface area (Å²) < 4.78 is 6.42. The van der Waals surface area contributed by atoms with Crippen LogP contribution in [0.3, 0.4) is 0 Å². The lowest BCUT2D eigenvalue weighted by atomic mass is 10.1. The fraction of sp³-hybridized carbons (Fsp3) is 0.267. The van der Waals surface area contributed by atoms with E-state index < -0.39 is 0 Å². The van der Waals surface area contributed by atoms with Crippen molar-refractivity contribution in [2.45, 2.75) is 13.0 Å². The molecule has 1 aromatic heterocycles. The third-order valence-corrected chi connectivity index (χ3v) is 5.22. The zero-order valence-electron chi connectivity index (χ0n) is 11.1. The van der Waals surface area contributed by atoms with E-state index in [1.807, 2.05) is 11.0 Å². The van der Waals surface area contributed by atoms with Crippen molar-refractivity contribution in [3.8, 4) is 5.75 Å². The molecule has 1 aromatic carbocycles. The van der Waals surface area contributed by atoms with Gasteiger partial charge in [0.2, 0.25) is 0 Å². The van der Waals surface area contributed by atoms with E-state index in [4.69, 9.17) is 16.3 Å². The largest absolute Gasteiger partial charge is 0.482 e. The molecule has 0 fully saturated rings. The molecule has 0 unspecified atom stereocenters. The van der Waals surface area contributed by atoms with Crippen molar-refractivity contribution in [2.24, 2.45) is 0 Å². The Morgan fingerprint density at radius 2 is 2.29 bits per heavy atom. The van der Waals surface area contributed by atoms with Gasteiger partial charge in [0.15, 0.2) is 6.61 Å². The zero-order chi connectivity index (χ0) is 14.8. The molecular weight excluding hydrogens is 374 g/mol. The highest BCUT2D eigenvalue weighted by Crippen LogP contribution is 2.28. The molecule has 0 radical (unpaired) electrons. The highest BCUT2D eigenvalue weighted by molar-refractivity contribution is 9.10. The van der Waals surface area contributed by atoms with E-state index in [0.717, 1.165) is 17.4 Å². The molecule has 0 bridgehead atoms. The van der Waals surface area contributed by atoms with Crippen LogP contribution in [-0.2, 0) is 17.8 Å². The molecule has 110 valence electrons. The molecule has 0 saturated carbocycles. The number of ether oxygens (including phenoxy) is 1. The van der Waals surface area contributed by atoms with Crippen LogP contribution in [0.1, 0.15) is 10.4 Å². The molecular formula is C15H13BrClNO2S. The maximum atomic E-state index is 12.2. The van der Waals surface area contributed by atoms with Crippen LogP contribution in [0.15, 0.2) is 34.1 Å². The number of hydrogen-bond donors (Lipinski definition) is 0. The third-order valence-electron chi connectivity index (χ3n) is 3.41. The Kier molecular flexibility index (Phi) is 4.52. The highest BCUT2D eigenvalue weighted by Gasteiger charge is 2.21. The van der Waals surface area contributed by atoms with Crippen LogP contribution >= 0.6 is 38.9 Å². The lowest BCUT2D eigenvalue weighted by molar-refractivity contribution is -0.134. The lowest BCUT2D eigenvalue weighted by Gasteiger charge is -2.27. The summed E-state index contributed by atoms with van der Waals surface area (Å²) in [4.78, 5) is 15.5. The predicted octanol–water partition coefficient (Wildman–Crippen LogP) is 4.13. The Balaban J connectivity index is 1.60. The molecule has 2 aromatic rings. The van der Waals surface area contributed by atoms with E-state index >= 15 is 0 Å². The first-order valence-electron chi connectivity index (χ1n) is 6.54. The number of hydrogen-bond acceptors (Lipinski definition) is 3. The van der Waals surface area contributed by atoms with Crippen molar-refractivity contribution in [1.82, 2.24) is 4.90 Å². The second-order valence-corrected chi connectivity index (χ2v) is 7.12. The van der Waals surface area contributed by atoms with Crippen molar-refractivity contribution in [2.75, 3.05) is 13.2 Å². The number of carbonyl (C=O) groups is 1. The van der Waals surface area contributed by atoms with Crippen LogP contribution in [-0.4, -0.2) is 24.0 Å². The SMILES string of the molecule is O=C(COc1ccc(Br)cc1Cl)N1CCc2sccc2C1. The van der Waals surface area contributed by atoms with Gasteiger partial charge in [0.1, 0.15) is 5.75 Å². The summed E-state index contributed by atoms with van der Waals surface area (Å²) in [5.74, 6) is 0.521. The van der Waals surface area contributed by atoms with Crippen LogP contribution in [0.25, 0.3) is 0 Å². The number of thiophene rings is 1. The van der Waals surface area contributed by atoms with E-state index in [-0.39, 0.29) is 12.5 Å². The Labute approximate surface area is 140 Å². The first-order chi connectivity index (χ1) is 10.1. The van der Waals surface area contributed by atoms with E-state index in [2.05, 4.69) is 27.4 Å². The molecule has 1 amide bonds. The molecule has 3 nitrogen and oxygen atoms in total. The van der Waals surface area contributed by atoms with E-state index in [1.54, 1.807) is 23.5 Å². The Hall–Kier alpha value is -1.04. The molecule has 0 atom stereocenters. The fourth-order valence-electron chi connectivity index (χ4n) is 2.28. The maximum Gasteiger partial charge on any atom is 0.260 e. The van der Waals surface area contributed by atoms with Crippen LogP contribution in [0.4, 0.5) is 0 Å². The van der Waals surface area contributed by atoms with Crippen LogP contribution in [0, 0.1) is 0 Å². The van der Waals surface area contributed by atoms with E-state index in [9.17, 15) is 4.79 Å². The van der Waals surface area contributed by atoms with Gasteiger partial charge in [0, 0.05) is 22.4 Å². The van der Waals surface area contributed by atoms with Gasteiger partial charge in [0.05, 0.1) is 5.02 Å². The minimum Gasteiger partial charge on any atom is -0.482 e. The van der Waals surface area contributed by atoms with Gasteiger partial charge in [-0.1, -0.05) is 27.5 Å². The molecule has 1 aliphatic heterocycles. The van der Waals surface area contributed by atoms with Gasteiger partial charge in [-0.25, -0.2) is 0 Å². The van der Waals surface area contributed by atoms with Crippen LogP contribution < -0.4 is 4.74 Å². The summed E-state index contributed by atoms with van der Waals surface area (Å²) in [6, 6.07) is 7.43. The summed E-state index contributed by atoms with van der Waals surface area (Å²) >= 11 is 11.2. The average molecular weight is 387 g/mol. The molecule has 0 spiro atoms. The van der Waals surface area contributed by atoms with Crippen molar-refractivity contribution >= 4 is 44.8 Å². The van der Waals surface area contributed by atoms with Gasteiger partial charge in [-0.15, -0.1) is 11.3 Å². The highest BCUT2D eigenvalue weighted by atomic mass is 79.9. The molecule has 0 aliphatic carbocycles. The minimum absolute atomic E-state index is 0.00849. The zero-order valence-corrected chi connectivity index (χ0v) is 14.3. The Morgan fingerprint density at radius 1 is 1.43 bits per heavy atom. The van der Waals surface area contributed by atoms with Gasteiger partial charge in [0.25, 0.3) is 5.91 Å². The van der Waals surface area contributed by atoms with Gasteiger partial charge in [-0.2, -0.15) is 0 Å². The van der Waals surface area contributed by atoms with Crippen molar-refractivity contribution in [3.05, 3.63) is 49.6 Å². The van der Waals surface area contributed by atoms with Gasteiger partial charge in [-0.05, 0) is 41.6 Å². The molecule has 3 rings (SSSR count). The second kappa shape index (κ2) is 6.38. The molecule has 0 N–H and O–H groups in total. The van der Waals surface area contributed by atoms with Crippen molar-refractivity contribution in [1.29, 1.82) is 0 Å². The normalized spacial score (nSPS) is 13.9. The number of benzene rings is 1. The summed E-state index contributed by atoms with van der Waals surface area (Å²) in [7, 11) is 0. The lowest BCUT2D eigenvalue weighted by Crippen LogP contribution is -2.38. The first kappa shape index (κ1) is 14.9. The summed E-state index contributed by atoms with van der Waals surface area (Å²) in [6.45, 7) is 1.44. The summed E-state index contributed by atoms with van der Waals surface area (Å²) in [5.41, 5.74) is 1.25. The van der Waals surface area contributed by atoms with Crippen molar-refractivity contribution < 1.29 is 9.53 Å². The quantitative estimate of drug-likeness (QED) is 0.794. The topological polar surface area (TPSA) is 29.5 Å². The molecule has 21 heavy (non-hydrogen) atoms. The summed E-state index contributed by atoms with van der Waals surface area (Å²) in [6.07, 6.45) is 0.928.